The van der Waals surface area contributed by atoms with Gasteiger partial charge in [-0.05, 0) is 25.0 Å². The lowest BCUT2D eigenvalue weighted by Crippen LogP contribution is -2.42. The van der Waals surface area contributed by atoms with Gasteiger partial charge in [-0.3, -0.25) is 4.79 Å². The first-order valence-corrected chi connectivity index (χ1v) is 7.12. The smallest absolute Gasteiger partial charge is 0.244 e. The molecule has 0 aliphatic heterocycles. The Hall–Kier alpha value is -1.75. The Morgan fingerprint density at radius 1 is 1.35 bits per heavy atom. The Bertz CT molecular complexity index is 451. The van der Waals surface area contributed by atoms with E-state index in [9.17, 15) is 9.90 Å². The lowest BCUT2D eigenvalue weighted by Gasteiger charge is -2.26. The molecule has 2 N–H and O–H groups in total. The van der Waals surface area contributed by atoms with Gasteiger partial charge < -0.3 is 10.4 Å². The maximum Gasteiger partial charge on any atom is 0.244 e. The van der Waals surface area contributed by atoms with Crippen LogP contribution < -0.4 is 5.32 Å². The minimum absolute atomic E-state index is 0.207. The van der Waals surface area contributed by atoms with Gasteiger partial charge in [0, 0.05) is 18.8 Å². The first-order valence-electron chi connectivity index (χ1n) is 7.12. The number of hydrogen-bond acceptors (Lipinski definition) is 4. The highest BCUT2D eigenvalue weighted by molar-refractivity contribution is 5.91. The molecule has 1 heterocycles. The third-order valence-corrected chi connectivity index (χ3v) is 3.64. The highest BCUT2D eigenvalue weighted by atomic mass is 16.3. The molecule has 0 unspecified atom stereocenters. The van der Waals surface area contributed by atoms with Gasteiger partial charge in [-0.2, -0.15) is 0 Å². The third kappa shape index (κ3) is 4.74. The number of rotatable bonds is 4. The molecule has 0 atom stereocenters. The van der Waals surface area contributed by atoms with Gasteiger partial charge in [0.1, 0.15) is 6.33 Å². The lowest BCUT2D eigenvalue weighted by molar-refractivity contribution is -0.117. The Kier molecular flexibility index (Phi) is 5.24. The number of carbonyl (C=O) groups is 1. The quantitative estimate of drug-likeness (QED) is 0.647. The van der Waals surface area contributed by atoms with Crippen LogP contribution in [-0.2, 0) is 4.79 Å². The molecule has 1 aliphatic carbocycles. The molecule has 0 spiro atoms. The van der Waals surface area contributed by atoms with E-state index in [1.165, 1.54) is 25.2 Å². The Labute approximate surface area is 119 Å². The summed E-state index contributed by atoms with van der Waals surface area (Å²) in [6.45, 7) is 0.319. The van der Waals surface area contributed by atoms with Gasteiger partial charge in [-0.25, -0.2) is 9.97 Å². The fourth-order valence-corrected chi connectivity index (χ4v) is 2.43. The van der Waals surface area contributed by atoms with Crippen LogP contribution in [0.25, 0.3) is 6.08 Å². The van der Waals surface area contributed by atoms with Gasteiger partial charge in [-0.15, -0.1) is 0 Å². The molecule has 5 heteroatoms. The molecule has 0 aromatic carbocycles. The summed E-state index contributed by atoms with van der Waals surface area (Å²) in [5.41, 5.74) is -0.0575. The van der Waals surface area contributed by atoms with Gasteiger partial charge in [0.15, 0.2) is 0 Å². The summed E-state index contributed by atoms with van der Waals surface area (Å²) in [5, 5.41) is 13.2. The standard InChI is InChI=1S/C15H21N3O2/c19-14(6-5-13-7-10-16-12-18-13)17-11-15(20)8-3-1-2-4-9-15/h5-7,10,12,20H,1-4,8-9,11H2,(H,17,19)/b6-5+. The second kappa shape index (κ2) is 7.14. The van der Waals surface area contributed by atoms with E-state index in [-0.39, 0.29) is 5.91 Å². The van der Waals surface area contributed by atoms with Crippen LogP contribution in [0.1, 0.15) is 44.2 Å². The molecule has 1 aliphatic rings. The molecule has 1 aromatic heterocycles. The molecule has 20 heavy (non-hydrogen) atoms. The van der Waals surface area contributed by atoms with Crippen molar-refractivity contribution < 1.29 is 9.90 Å². The van der Waals surface area contributed by atoms with Gasteiger partial charge in [0.25, 0.3) is 0 Å². The molecule has 108 valence electrons. The van der Waals surface area contributed by atoms with Crippen LogP contribution in [0, 0.1) is 0 Å². The van der Waals surface area contributed by atoms with E-state index in [2.05, 4.69) is 15.3 Å². The van der Waals surface area contributed by atoms with Crippen molar-refractivity contribution in [3.63, 3.8) is 0 Å². The molecule has 1 aromatic rings. The number of nitrogens with one attached hydrogen (secondary N) is 1. The summed E-state index contributed by atoms with van der Waals surface area (Å²) in [5.74, 6) is -0.207. The summed E-state index contributed by atoms with van der Waals surface area (Å²) >= 11 is 0. The molecule has 5 nitrogen and oxygen atoms in total. The van der Waals surface area contributed by atoms with Crippen LogP contribution in [0.4, 0.5) is 0 Å². The first-order chi connectivity index (χ1) is 9.68. The van der Waals surface area contributed by atoms with Crippen molar-refractivity contribution in [3.8, 4) is 0 Å². The number of hydrogen-bond donors (Lipinski definition) is 2. The maximum atomic E-state index is 11.7. The SMILES string of the molecule is O=C(/C=C/c1ccncn1)NCC1(O)CCCCCC1. The Balaban J connectivity index is 1.81. The highest BCUT2D eigenvalue weighted by Gasteiger charge is 2.27. The first kappa shape index (κ1) is 14.7. The number of amides is 1. The topological polar surface area (TPSA) is 75.1 Å². The zero-order valence-corrected chi connectivity index (χ0v) is 11.6. The number of carbonyl (C=O) groups excluding carboxylic acids is 1. The number of nitrogens with zero attached hydrogens (tertiary/aromatic N) is 2. The Morgan fingerprint density at radius 2 is 2.10 bits per heavy atom. The summed E-state index contributed by atoms with van der Waals surface area (Å²) in [4.78, 5) is 19.5. The van der Waals surface area contributed by atoms with Crippen molar-refractivity contribution in [1.29, 1.82) is 0 Å². The predicted molar refractivity (Wildman–Crippen MR) is 76.7 cm³/mol. The summed E-state index contributed by atoms with van der Waals surface area (Å²) in [7, 11) is 0. The van der Waals surface area contributed by atoms with Gasteiger partial charge in [0.05, 0.1) is 11.3 Å². The largest absolute Gasteiger partial charge is 0.388 e. The van der Waals surface area contributed by atoms with Crippen molar-refractivity contribution in [2.24, 2.45) is 0 Å². The molecular weight excluding hydrogens is 254 g/mol. The number of aliphatic hydroxyl groups is 1. The molecule has 0 saturated heterocycles. The van der Waals surface area contributed by atoms with E-state index in [0.717, 1.165) is 25.7 Å². The number of aromatic nitrogens is 2. The highest BCUT2D eigenvalue weighted by Crippen LogP contribution is 2.26. The van der Waals surface area contributed by atoms with Crippen molar-refractivity contribution in [2.45, 2.75) is 44.1 Å². The molecule has 2 rings (SSSR count). The molecule has 1 amide bonds. The summed E-state index contributed by atoms with van der Waals surface area (Å²) < 4.78 is 0. The zero-order chi connectivity index (χ0) is 14.3. The van der Waals surface area contributed by atoms with Crippen molar-refractivity contribution >= 4 is 12.0 Å². The minimum Gasteiger partial charge on any atom is -0.388 e. The van der Waals surface area contributed by atoms with Gasteiger partial charge in [0.2, 0.25) is 5.91 Å². The van der Waals surface area contributed by atoms with Gasteiger partial charge >= 0.3 is 0 Å². The van der Waals surface area contributed by atoms with E-state index in [1.54, 1.807) is 18.3 Å². The summed E-state index contributed by atoms with van der Waals surface area (Å²) in [6, 6.07) is 1.72. The fourth-order valence-electron chi connectivity index (χ4n) is 2.43. The molecule has 0 bridgehead atoms. The van der Waals surface area contributed by atoms with Crippen LogP contribution in [0.2, 0.25) is 0 Å². The second-order valence-corrected chi connectivity index (χ2v) is 5.32. The van der Waals surface area contributed by atoms with Crippen molar-refractivity contribution in [2.75, 3.05) is 6.54 Å². The summed E-state index contributed by atoms with van der Waals surface area (Å²) in [6.07, 6.45) is 12.1. The van der Waals surface area contributed by atoms with E-state index in [0.29, 0.717) is 12.2 Å². The van der Waals surface area contributed by atoms with E-state index >= 15 is 0 Å². The monoisotopic (exact) mass is 275 g/mol. The molecular formula is C15H21N3O2. The Morgan fingerprint density at radius 3 is 2.75 bits per heavy atom. The van der Waals surface area contributed by atoms with Crippen molar-refractivity contribution in [3.05, 3.63) is 30.4 Å². The van der Waals surface area contributed by atoms with Crippen LogP contribution in [0.15, 0.2) is 24.7 Å². The molecule has 1 fully saturated rings. The molecule has 1 saturated carbocycles. The van der Waals surface area contributed by atoms with E-state index in [4.69, 9.17) is 0 Å². The van der Waals surface area contributed by atoms with Crippen LogP contribution in [0.5, 0.6) is 0 Å². The average Bonchev–Trinajstić information content (AvgIpc) is 2.69. The van der Waals surface area contributed by atoms with Gasteiger partial charge in [-0.1, -0.05) is 25.7 Å². The van der Waals surface area contributed by atoms with E-state index in [1.807, 2.05) is 0 Å². The molecule has 0 radical (unpaired) electrons. The van der Waals surface area contributed by atoms with Crippen LogP contribution in [0.3, 0.4) is 0 Å². The lowest BCUT2D eigenvalue weighted by atomic mass is 9.94. The normalized spacial score (nSPS) is 18.6. The maximum absolute atomic E-state index is 11.7. The zero-order valence-electron chi connectivity index (χ0n) is 11.6. The van der Waals surface area contributed by atoms with Crippen molar-refractivity contribution in [1.82, 2.24) is 15.3 Å². The third-order valence-electron chi connectivity index (χ3n) is 3.64. The minimum atomic E-state index is -0.741. The predicted octanol–water partition coefficient (Wildman–Crippen LogP) is 1.69. The fraction of sp³-hybridized carbons (Fsp3) is 0.533. The average molecular weight is 275 g/mol. The van der Waals surface area contributed by atoms with Crippen LogP contribution >= 0.6 is 0 Å². The van der Waals surface area contributed by atoms with Crippen LogP contribution in [-0.4, -0.2) is 33.1 Å². The second-order valence-electron chi connectivity index (χ2n) is 5.32. The van der Waals surface area contributed by atoms with E-state index < -0.39 is 5.60 Å².